The van der Waals surface area contributed by atoms with Gasteiger partial charge in [0.25, 0.3) is 0 Å². The zero-order valence-electron chi connectivity index (χ0n) is 15.5. The number of aliphatic imine (C=N–C) groups is 1. The van der Waals surface area contributed by atoms with Gasteiger partial charge in [-0.1, -0.05) is 18.2 Å². The Morgan fingerprint density at radius 3 is 2.73 bits per heavy atom. The first-order valence-electron chi connectivity index (χ1n) is 8.67. The normalized spacial score (nSPS) is 11.6. The topological polar surface area (TPSA) is 54.2 Å². The lowest BCUT2D eigenvalue weighted by atomic mass is 10.2. The van der Waals surface area contributed by atoms with Gasteiger partial charge in [0.2, 0.25) is 0 Å². The third-order valence-corrected chi connectivity index (χ3v) is 4.23. The minimum Gasteiger partial charge on any atom is -0.497 e. The van der Waals surface area contributed by atoms with Crippen LogP contribution in [0.3, 0.4) is 0 Å². The van der Waals surface area contributed by atoms with Gasteiger partial charge in [0.1, 0.15) is 11.4 Å². The molecule has 1 aromatic carbocycles. The average molecular weight is 351 g/mol. The van der Waals surface area contributed by atoms with E-state index in [0.717, 1.165) is 42.6 Å². The Hall–Kier alpha value is -3.02. The Morgan fingerprint density at radius 2 is 2.04 bits per heavy atom. The average Bonchev–Trinajstić information content (AvgIpc) is 3.08. The van der Waals surface area contributed by atoms with Crippen molar-refractivity contribution in [1.82, 2.24) is 19.6 Å². The van der Waals surface area contributed by atoms with Crippen LogP contribution in [-0.2, 0) is 13.0 Å². The van der Waals surface area contributed by atoms with Crippen molar-refractivity contribution in [3.8, 4) is 5.75 Å². The molecule has 0 aliphatic rings. The number of fused-ring (bicyclic) bond motifs is 1. The van der Waals surface area contributed by atoms with Crippen LogP contribution in [-0.4, -0.2) is 48.0 Å². The number of methoxy groups -OCH3 is 1. The third kappa shape index (κ3) is 4.33. The summed E-state index contributed by atoms with van der Waals surface area (Å²) in [7, 11) is 5.51. The van der Waals surface area contributed by atoms with Crippen molar-refractivity contribution < 1.29 is 4.74 Å². The molecule has 6 heteroatoms. The Labute approximate surface area is 154 Å². The zero-order chi connectivity index (χ0) is 18.4. The monoisotopic (exact) mass is 351 g/mol. The van der Waals surface area contributed by atoms with E-state index in [-0.39, 0.29) is 0 Å². The molecular weight excluding hydrogens is 326 g/mol. The number of imidazole rings is 1. The second kappa shape index (κ2) is 8.38. The molecule has 2 aromatic heterocycles. The van der Waals surface area contributed by atoms with E-state index in [1.165, 1.54) is 5.56 Å². The maximum absolute atomic E-state index is 5.20. The number of guanidine groups is 1. The highest BCUT2D eigenvalue weighted by Gasteiger charge is 2.07. The molecule has 3 aromatic rings. The first-order valence-corrected chi connectivity index (χ1v) is 8.67. The summed E-state index contributed by atoms with van der Waals surface area (Å²) in [4.78, 5) is 11.1. The predicted octanol–water partition coefficient (Wildman–Crippen LogP) is 2.59. The molecule has 1 N–H and O–H groups in total. The molecule has 0 unspecified atom stereocenters. The Balaban J connectivity index is 1.53. The van der Waals surface area contributed by atoms with Gasteiger partial charge in [-0.3, -0.25) is 4.99 Å². The lowest BCUT2D eigenvalue weighted by Gasteiger charge is -2.22. The second-order valence-electron chi connectivity index (χ2n) is 6.13. The van der Waals surface area contributed by atoms with Crippen LogP contribution in [0.15, 0.2) is 59.9 Å². The summed E-state index contributed by atoms with van der Waals surface area (Å²) in [6.45, 7) is 1.56. The first kappa shape index (κ1) is 17.8. The van der Waals surface area contributed by atoms with E-state index < -0.39 is 0 Å². The summed E-state index contributed by atoms with van der Waals surface area (Å²) in [5.74, 6) is 1.73. The van der Waals surface area contributed by atoms with Crippen LogP contribution >= 0.6 is 0 Å². The van der Waals surface area contributed by atoms with Gasteiger partial charge in [-0.05, 0) is 29.8 Å². The lowest BCUT2D eigenvalue weighted by molar-refractivity contribution is 0.414. The van der Waals surface area contributed by atoms with Gasteiger partial charge in [0.15, 0.2) is 5.96 Å². The van der Waals surface area contributed by atoms with Crippen LogP contribution in [0.2, 0.25) is 0 Å². The number of nitrogens with one attached hydrogen (secondary N) is 1. The van der Waals surface area contributed by atoms with Gasteiger partial charge >= 0.3 is 0 Å². The largest absolute Gasteiger partial charge is 0.497 e. The minimum absolute atomic E-state index is 0.776. The number of hydrogen-bond donors (Lipinski definition) is 1. The van der Waals surface area contributed by atoms with Gasteiger partial charge in [0.05, 0.1) is 12.8 Å². The maximum Gasteiger partial charge on any atom is 0.193 e. The van der Waals surface area contributed by atoms with Crippen LogP contribution < -0.4 is 10.1 Å². The van der Waals surface area contributed by atoms with Crippen LogP contribution in [0.1, 0.15) is 11.3 Å². The Kier molecular flexibility index (Phi) is 5.73. The number of hydrogen-bond acceptors (Lipinski definition) is 3. The molecule has 0 aliphatic heterocycles. The van der Waals surface area contributed by atoms with E-state index in [4.69, 9.17) is 4.74 Å². The molecule has 0 bridgehead atoms. The Bertz CT molecular complexity index is 836. The van der Waals surface area contributed by atoms with Gasteiger partial charge in [0, 0.05) is 46.0 Å². The standard InChI is InChI=1S/C20H25N5O/c1-21-20(24(2)14-16-7-9-18(26-3)10-8-16)22-12-11-17-15-25-13-5-4-6-19(25)23-17/h4-10,13,15H,11-12,14H2,1-3H3,(H,21,22). The number of rotatable bonds is 6. The first-order chi connectivity index (χ1) is 12.7. The molecule has 136 valence electrons. The summed E-state index contributed by atoms with van der Waals surface area (Å²) < 4.78 is 7.24. The highest BCUT2D eigenvalue weighted by Crippen LogP contribution is 2.12. The van der Waals surface area contributed by atoms with Crippen molar-refractivity contribution in [2.24, 2.45) is 4.99 Å². The summed E-state index contributed by atoms with van der Waals surface area (Å²) in [5, 5.41) is 3.41. The van der Waals surface area contributed by atoms with Crippen molar-refractivity contribution >= 4 is 11.6 Å². The molecule has 0 spiro atoms. The van der Waals surface area contributed by atoms with Crippen LogP contribution in [0.5, 0.6) is 5.75 Å². The van der Waals surface area contributed by atoms with E-state index in [1.54, 1.807) is 14.2 Å². The fourth-order valence-electron chi connectivity index (χ4n) is 2.87. The van der Waals surface area contributed by atoms with Gasteiger partial charge in [-0.15, -0.1) is 0 Å². The molecule has 0 atom stereocenters. The van der Waals surface area contributed by atoms with E-state index in [9.17, 15) is 0 Å². The number of benzene rings is 1. The van der Waals surface area contributed by atoms with Crippen molar-refractivity contribution in [2.75, 3.05) is 27.7 Å². The summed E-state index contributed by atoms with van der Waals surface area (Å²) in [5.41, 5.74) is 3.25. The van der Waals surface area contributed by atoms with Crippen molar-refractivity contribution in [2.45, 2.75) is 13.0 Å². The van der Waals surface area contributed by atoms with Crippen LogP contribution in [0.4, 0.5) is 0 Å². The van der Waals surface area contributed by atoms with Gasteiger partial charge in [-0.2, -0.15) is 0 Å². The van der Waals surface area contributed by atoms with Gasteiger partial charge in [-0.25, -0.2) is 4.98 Å². The van der Waals surface area contributed by atoms with Gasteiger partial charge < -0.3 is 19.4 Å². The number of aromatic nitrogens is 2. The Morgan fingerprint density at radius 1 is 1.23 bits per heavy atom. The molecule has 6 nitrogen and oxygen atoms in total. The minimum atomic E-state index is 0.776. The molecule has 0 saturated carbocycles. The maximum atomic E-state index is 5.20. The summed E-state index contributed by atoms with van der Waals surface area (Å²) >= 11 is 0. The van der Waals surface area contributed by atoms with Crippen molar-refractivity contribution in [3.63, 3.8) is 0 Å². The smallest absolute Gasteiger partial charge is 0.193 e. The van der Waals surface area contributed by atoms with E-state index in [0.29, 0.717) is 0 Å². The molecular formula is C20H25N5O. The van der Waals surface area contributed by atoms with Crippen molar-refractivity contribution in [1.29, 1.82) is 0 Å². The lowest BCUT2D eigenvalue weighted by Crippen LogP contribution is -2.39. The zero-order valence-corrected chi connectivity index (χ0v) is 15.5. The van der Waals surface area contributed by atoms with Crippen LogP contribution in [0.25, 0.3) is 5.65 Å². The SMILES string of the molecule is CN=C(NCCc1cn2ccccc2n1)N(C)Cc1ccc(OC)cc1. The number of ether oxygens (including phenoxy) is 1. The molecule has 26 heavy (non-hydrogen) atoms. The number of pyridine rings is 1. The van der Waals surface area contributed by atoms with Crippen LogP contribution in [0, 0.1) is 0 Å². The third-order valence-electron chi connectivity index (χ3n) is 4.23. The molecule has 0 aliphatic carbocycles. The molecule has 0 saturated heterocycles. The van der Waals surface area contributed by atoms with E-state index in [2.05, 4.69) is 38.5 Å². The summed E-state index contributed by atoms with van der Waals surface area (Å²) in [6, 6.07) is 14.1. The van der Waals surface area contributed by atoms with E-state index in [1.807, 2.05) is 48.0 Å². The van der Waals surface area contributed by atoms with E-state index >= 15 is 0 Å². The predicted molar refractivity (Wildman–Crippen MR) is 105 cm³/mol. The fourth-order valence-corrected chi connectivity index (χ4v) is 2.87. The molecule has 0 radical (unpaired) electrons. The fraction of sp³-hybridized carbons (Fsp3) is 0.300. The quantitative estimate of drug-likeness (QED) is 0.548. The summed E-state index contributed by atoms with van der Waals surface area (Å²) in [6.07, 6.45) is 4.93. The highest BCUT2D eigenvalue weighted by molar-refractivity contribution is 5.79. The molecule has 0 fully saturated rings. The second-order valence-corrected chi connectivity index (χ2v) is 6.13. The number of nitrogens with zero attached hydrogens (tertiary/aromatic N) is 4. The molecule has 2 heterocycles. The molecule has 0 amide bonds. The molecule has 3 rings (SSSR count). The highest BCUT2D eigenvalue weighted by atomic mass is 16.5. The van der Waals surface area contributed by atoms with Crippen molar-refractivity contribution in [3.05, 3.63) is 66.1 Å².